The van der Waals surface area contributed by atoms with E-state index in [1.165, 1.54) is 0 Å². The fraction of sp³-hybridized carbons (Fsp3) is 0.455. The van der Waals surface area contributed by atoms with Crippen molar-refractivity contribution in [1.29, 1.82) is 0 Å². The average molecular weight is 412 g/mol. The number of rotatable bonds is 9. The number of nitrogens with zero attached hydrogens (tertiary/aromatic N) is 3. The van der Waals surface area contributed by atoms with Crippen LogP contribution in [-0.2, 0) is 4.79 Å². The van der Waals surface area contributed by atoms with Gasteiger partial charge in [-0.1, -0.05) is 13.3 Å². The first-order chi connectivity index (χ1) is 14.7. The van der Waals surface area contributed by atoms with Gasteiger partial charge in [-0.15, -0.1) is 0 Å². The van der Waals surface area contributed by atoms with Gasteiger partial charge in [0.25, 0.3) is 5.91 Å². The molecule has 2 heterocycles. The molecule has 1 atom stereocenters. The Hall–Kier alpha value is -3.16. The summed E-state index contributed by atoms with van der Waals surface area (Å²) in [5.74, 6) is 0.922. The lowest BCUT2D eigenvalue weighted by Gasteiger charge is -2.33. The Kier molecular flexibility index (Phi) is 8.00. The topological polar surface area (TPSA) is 96.4 Å². The van der Waals surface area contributed by atoms with Crippen LogP contribution in [0.1, 0.15) is 43.0 Å². The first kappa shape index (κ1) is 21.5. The SMILES string of the molecule is CCCCOc1ccc(C(=O)NCC(=O)NC2CCCN(c3ncccn3)C2)cc1. The van der Waals surface area contributed by atoms with Crippen molar-refractivity contribution in [3.05, 3.63) is 48.3 Å². The summed E-state index contributed by atoms with van der Waals surface area (Å²) in [6.45, 7) is 4.23. The van der Waals surface area contributed by atoms with Gasteiger partial charge in [-0.3, -0.25) is 9.59 Å². The van der Waals surface area contributed by atoms with E-state index in [-0.39, 0.29) is 24.4 Å². The van der Waals surface area contributed by atoms with Crippen molar-refractivity contribution < 1.29 is 14.3 Å². The molecule has 0 radical (unpaired) electrons. The van der Waals surface area contributed by atoms with E-state index in [1.807, 2.05) is 0 Å². The second kappa shape index (κ2) is 11.1. The van der Waals surface area contributed by atoms with Gasteiger partial charge in [-0.05, 0) is 49.6 Å². The van der Waals surface area contributed by atoms with Gasteiger partial charge in [0.05, 0.1) is 13.2 Å². The van der Waals surface area contributed by atoms with E-state index in [0.29, 0.717) is 24.7 Å². The predicted octanol–water partition coefficient (Wildman–Crippen LogP) is 2.17. The maximum atomic E-state index is 12.3. The largest absolute Gasteiger partial charge is 0.494 e. The minimum Gasteiger partial charge on any atom is -0.494 e. The molecule has 160 valence electrons. The number of hydrogen-bond acceptors (Lipinski definition) is 6. The number of amides is 2. The Morgan fingerprint density at radius 2 is 1.97 bits per heavy atom. The van der Waals surface area contributed by atoms with E-state index in [0.717, 1.165) is 38.0 Å². The van der Waals surface area contributed by atoms with Gasteiger partial charge in [0.2, 0.25) is 11.9 Å². The molecule has 0 aliphatic carbocycles. The van der Waals surface area contributed by atoms with E-state index in [9.17, 15) is 9.59 Å². The summed E-state index contributed by atoms with van der Waals surface area (Å²) in [6, 6.07) is 8.73. The quantitative estimate of drug-likeness (QED) is 0.614. The second-order valence-electron chi connectivity index (χ2n) is 7.31. The van der Waals surface area contributed by atoms with E-state index in [1.54, 1.807) is 42.7 Å². The molecule has 0 bridgehead atoms. The van der Waals surface area contributed by atoms with Crippen molar-refractivity contribution in [2.24, 2.45) is 0 Å². The van der Waals surface area contributed by atoms with Gasteiger partial charge < -0.3 is 20.3 Å². The lowest BCUT2D eigenvalue weighted by molar-refractivity contribution is -0.120. The maximum Gasteiger partial charge on any atom is 0.251 e. The van der Waals surface area contributed by atoms with Crippen LogP contribution in [0.4, 0.5) is 5.95 Å². The van der Waals surface area contributed by atoms with Crippen LogP contribution < -0.4 is 20.3 Å². The average Bonchev–Trinajstić information content (AvgIpc) is 2.79. The molecule has 1 saturated heterocycles. The molecule has 1 fully saturated rings. The summed E-state index contributed by atoms with van der Waals surface area (Å²) >= 11 is 0. The number of piperidine rings is 1. The van der Waals surface area contributed by atoms with Gasteiger partial charge in [-0.2, -0.15) is 0 Å². The highest BCUT2D eigenvalue weighted by Gasteiger charge is 2.23. The van der Waals surface area contributed by atoms with E-state index in [4.69, 9.17) is 4.74 Å². The van der Waals surface area contributed by atoms with Gasteiger partial charge >= 0.3 is 0 Å². The van der Waals surface area contributed by atoms with Gasteiger partial charge in [0.1, 0.15) is 5.75 Å². The zero-order chi connectivity index (χ0) is 21.2. The van der Waals surface area contributed by atoms with E-state index < -0.39 is 0 Å². The van der Waals surface area contributed by atoms with Crippen molar-refractivity contribution in [2.45, 2.75) is 38.6 Å². The number of nitrogens with one attached hydrogen (secondary N) is 2. The molecular formula is C22H29N5O3. The molecule has 1 aliphatic rings. The molecule has 2 amide bonds. The van der Waals surface area contributed by atoms with Crippen LogP contribution in [0.3, 0.4) is 0 Å². The molecule has 2 N–H and O–H groups in total. The van der Waals surface area contributed by atoms with Crippen molar-refractivity contribution in [3.63, 3.8) is 0 Å². The Morgan fingerprint density at radius 1 is 1.20 bits per heavy atom. The summed E-state index contributed by atoms with van der Waals surface area (Å²) < 4.78 is 5.60. The van der Waals surface area contributed by atoms with E-state index in [2.05, 4.69) is 32.4 Å². The molecule has 8 nitrogen and oxygen atoms in total. The first-order valence-corrected chi connectivity index (χ1v) is 10.5. The molecule has 3 rings (SSSR count). The first-order valence-electron chi connectivity index (χ1n) is 10.5. The monoisotopic (exact) mass is 411 g/mol. The van der Waals surface area contributed by atoms with Crippen LogP contribution in [0.15, 0.2) is 42.7 Å². The van der Waals surface area contributed by atoms with Gasteiger partial charge in [-0.25, -0.2) is 9.97 Å². The number of ether oxygens (including phenoxy) is 1. The highest BCUT2D eigenvalue weighted by Crippen LogP contribution is 2.15. The molecule has 2 aromatic rings. The van der Waals surface area contributed by atoms with Crippen molar-refractivity contribution >= 4 is 17.8 Å². The third kappa shape index (κ3) is 6.43. The Bertz CT molecular complexity index is 813. The molecule has 1 aromatic carbocycles. The Labute approximate surface area is 177 Å². The number of carbonyl (C=O) groups is 2. The number of hydrogen-bond donors (Lipinski definition) is 2. The van der Waals surface area contributed by atoms with Crippen molar-refractivity contribution in [1.82, 2.24) is 20.6 Å². The Balaban J connectivity index is 1.42. The van der Waals surface area contributed by atoms with Crippen LogP contribution in [0.2, 0.25) is 0 Å². The van der Waals surface area contributed by atoms with Crippen molar-refractivity contribution in [3.8, 4) is 5.75 Å². The van der Waals surface area contributed by atoms with E-state index >= 15 is 0 Å². The van der Waals surface area contributed by atoms with Gasteiger partial charge in [0, 0.05) is 37.1 Å². The Morgan fingerprint density at radius 3 is 2.70 bits per heavy atom. The molecular weight excluding hydrogens is 382 g/mol. The summed E-state index contributed by atoms with van der Waals surface area (Å²) in [6.07, 6.45) is 7.33. The molecule has 1 unspecified atom stereocenters. The minimum absolute atomic E-state index is 0.00603. The summed E-state index contributed by atoms with van der Waals surface area (Å²) in [5.41, 5.74) is 0.496. The fourth-order valence-electron chi connectivity index (χ4n) is 3.31. The van der Waals surface area contributed by atoms with Gasteiger partial charge in [0.15, 0.2) is 0 Å². The zero-order valence-electron chi connectivity index (χ0n) is 17.3. The highest BCUT2D eigenvalue weighted by molar-refractivity contribution is 5.96. The van der Waals surface area contributed by atoms with Crippen LogP contribution in [-0.4, -0.2) is 54.1 Å². The lowest BCUT2D eigenvalue weighted by Crippen LogP contribution is -2.50. The lowest BCUT2D eigenvalue weighted by atomic mass is 10.1. The third-order valence-electron chi connectivity index (χ3n) is 4.91. The number of benzene rings is 1. The van der Waals surface area contributed by atoms with Crippen LogP contribution in [0.25, 0.3) is 0 Å². The van der Waals surface area contributed by atoms with Crippen LogP contribution in [0, 0.1) is 0 Å². The highest BCUT2D eigenvalue weighted by atomic mass is 16.5. The molecule has 30 heavy (non-hydrogen) atoms. The number of carbonyl (C=O) groups excluding carboxylic acids is 2. The predicted molar refractivity (Wildman–Crippen MR) is 115 cm³/mol. The smallest absolute Gasteiger partial charge is 0.251 e. The molecule has 1 aliphatic heterocycles. The molecule has 8 heteroatoms. The summed E-state index contributed by atoms with van der Waals surface area (Å²) in [7, 11) is 0. The summed E-state index contributed by atoms with van der Waals surface area (Å²) in [4.78, 5) is 35.2. The molecule has 1 aromatic heterocycles. The fourth-order valence-corrected chi connectivity index (χ4v) is 3.31. The molecule has 0 saturated carbocycles. The standard InChI is InChI=1S/C22H29N5O3/c1-2-3-14-30-19-9-7-17(8-10-19)21(29)25-15-20(28)26-18-6-4-13-27(16-18)22-23-11-5-12-24-22/h5,7-12,18H,2-4,6,13-16H2,1H3,(H,25,29)(H,26,28). The minimum atomic E-state index is -0.284. The van der Waals surface area contributed by atoms with Crippen molar-refractivity contribution in [2.75, 3.05) is 31.1 Å². The second-order valence-corrected chi connectivity index (χ2v) is 7.31. The molecule has 0 spiro atoms. The normalized spacial score (nSPS) is 16.0. The maximum absolute atomic E-state index is 12.3. The number of unbranched alkanes of at least 4 members (excludes halogenated alkanes) is 1. The van der Waals surface area contributed by atoms with Crippen LogP contribution in [0.5, 0.6) is 5.75 Å². The third-order valence-corrected chi connectivity index (χ3v) is 4.91. The summed E-state index contributed by atoms with van der Waals surface area (Å²) in [5, 5.41) is 5.67. The van der Waals surface area contributed by atoms with Crippen LogP contribution >= 0.6 is 0 Å². The number of aromatic nitrogens is 2. The zero-order valence-corrected chi connectivity index (χ0v) is 17.3. The number of anilines is 1.